The van der Waals surface area contributed by atoms with E-state index in [0.29, 0.717) is 5.82 Å². The average molecular weight is 277 g/mol. The van der Waals surface area contributed by atoms with Crippen molar-refractivity contribution in [3.63, 3.8) is 0 Å². The number of aromatic nitrogens is 1. The molecule has 0 bridgehead atoms. The number of carbonyl (C=O) groups is 2. The number of aryl methyl sites for hydroxylation is 2. The van der Waals surface area contributed by atoms with Crippen molar-refractivity contribution in [3.05, 3.63) is 23.4 Å². The van der Waals surface area contributed by atoms with Gasteiger partial charge < -0.3 is 10.0 Å². The van der Waals surface area contributed by atoms with Crippen LogP contribution in [0.25, 0.3) is 0 Å². The monoisotopic (exact) mass is 277 g/mol. The molecule has 0 saturated heterocycles. The Balaban J connectivity index is 1.95. The Kier molecular flexibility index (Phi) is 4.22. The number of rotatable bonds is 4. The van der Waals surface area contributed by atoms with E-state index in [1.807, 2.05) is 6.07 Å². The maximum absolute atomic E-state index is 12.0. The number of fused-ring (bicyclic) bond motifs is 1. The number of amides is 2. The van der Waals surface area contributed by atoms with Crippen LogP contribution in [0.2, 0.25) is 0 Å². The minimum Gasteiger partial charge on any atom is -0.481 e. The van der Waals surface area contributed by atoms with E-state index in [0.717, 1.165) is 19.3 Å². The second kappa shape index (κ2) is 5.90. The molecule has 0 spiro atoms. The molecule has 0 fully saturated rings. The summed E-state index contributed by atoms with van der Waals surface area (Å²) in [5.74, 6) is -0.996. The molecule has 2 amide bonds. The molecule has 1 aromatic heterocycles. The standard InChI is InChI=1S/C14H19N3O3/c1-9(13(18)19)8-17(2)14(20)16-12-6-10-4-3-5-11(10)7-15-12/h6-7,9H,3-5,8H2,1-2H3,(H,18,19)(H,15,16,20). The lowest BCUT2D eigenvalue weighted by atomic mass is 10.2. The average Bonchev–Trinajstić information content (AvgIpc) is 2.85. The molecule has 108 valence electrons. The summed E-state index contributed by atoms with van der Waals surface area (Å²) in [6, 6.07) is 1.55. The first-order valence-electron chi connectivity index (χ1n) is 6.70. The Hall–Kier alpha value is -2.11. The van der Waals surface area contributed by atoms with E-state index in [-0.39, 0.29) is 12.6 Å². The summed E-state index contributed by atoms with van der Waals surface area (Å²) in [4.78, 5) is 28.3. The van der Waals surface area contributed by atoms with Crippen molar-refractivity contribution in [3.8, 4) is 0 Å². The molecule has 1 aromatic rings. The van der Waals surface area contributed by atoms with Gasteiger partial charge >= 0.3 is 12.0 Å². The number of nitrogens with zero attached hydrogens (tertiary/aromatic N) is 2. The Morgan fingerprint density at radius 3 is 2.85 bits per heavy atom. The van der Waals surface area contributed by atoms with Gasteiger partial charge in [0.25, 0.3) is 0 Å². The minimum atomic E-state index is -0.916. The number of urea groups is 1. The third-order valence-electron chi connectivity index (χ3n) is 3.53. The quantitative estimate of drug-likeness (QED) is 0.878. The van der Waals surface area contributed by atoms with Gasteiger partial charge in [-0.15, -0.1) is 0 Å². The third kappa shape index (κ3) is 3.26. The lowest BCUT2D eigenvalue weighted by Crippen LogP contribution is -2.36. The van der Waals surface area contributed by atoms with E-state index >= 15 is 0 Å². The van der Waals surface area contributed by atoms with Gasteiger partial charge in [-0.05, 0) is 36.5 Å². The van der Waals surface area contributed by atoms with Gasteiger partial charge in [0.05, 0.1) is 5.92 Å². The molecule has 1 aliphatic carbocycles. The van der Waals surface area contributed by atoms with Crippen molar-refractivity contribution in [2.45, 2.75) is 26.2 Å². The van der Waals surface area contributed by atoms with Crippen LogP contribution in [-0.2, 0) is 17.6 Å². The van der Waals surface area contributed by atoms with Crippen molar-refractivity contribution >= 4 is 17.8 Å². The lowest BCUT2D eigenvalue weighted by molar-refractivity contribution is -0.141. The van der Waals surface area contributed by atoms with Crippen molar-refractivity contribution in [1.29, 1.82) is 0 Å². The molecule has 2 N–H and O–H groups in total. The second-order valence-electron chi connectivity index (χ2n) is 5.24. The Labute approximate surface area is 117 Å². The second-order valence-corrected chi connectivity index (χ2v) is 5.24. The summed E-state index contributed by atoms with van der Waals surface area (Å²) in [6.45, 7) is 1.73. The minimum absolute atomic E-state index is 0.159. The van der Waals surface area contributed by atoms with Crippen LogP contribution in [0.3, 0.4) is 0 Å². The van der Waals surface area contributed by atoms with Gasteiger partial charge in [0.1, 0.15) is 5.82 Å². The fraction of sp³-hybridized carbons (Fsp3) is 0.500. The number of anilines is 1. The zero-order valence-corrected chi connectivity index (χ0v) is 11.7. The molecule has 2 rings (SSSR count). The van der Waals surface area contributed by atoms with Crippen LogP contribution < -0.4 is 5.32 Å². The summed E-state index contributed by atoms with van der Waals surface area (Å²) in [5.41, 5.74) is 2.48. The van der Waals surface area contributed by atoms with Gasteiger partial charge in [-0.25, -0.2) is 9.78 Å². The molecular weight excluding hydrogens is 258 g/mol. The van der Waals surface area contributed by atoms with Crippen LogP contribution in [0, 0.1) is 5.92 Å². The zero-order valence-electron chi connectivity index (χ0n) is 11.7. The van der Waals surface area contributed by atoms with Crippen LogP contribution in [0.4, 0.5) is 10.6 Å². The Morgan fingerprint density at radius 2 is 2.15 bits per heavy atom. The topological polar surface area (TPSA) is 82.5 Å². The number of hydrogen-bond donors (Lipinski definition) is 2. The van der Waals surface area contributed by atoms with Crippen molar-refractivity contribution in [1.82, 2.24) is 9.88 Å². The first kappa shape index (κ1) is 14.3. The van der Waals surface area contributed by atoms with Gasteiger partial charge in [-0.1, -0.05) is 6.92 Å². The first-order valence-corrected chi connectivity index (χ1v) is 6.70. The lowest BCUT2D eigenvalue weighted by Gasteiger charge is -2.19. The van der Waals surface area contributed by atoms with Crippen molar-refractivity contribution < 1.29 is 14.7 Å². The highest BCUT2D eigenvalue weighted by molar-refractivity contribution is 5.88. The van der Waals surface area contributed by atoms with Crippen LogP contribution in [0.5, 0.6) is 0 Å². The molecule has 0 radical (unpaired) electrons. The van der Waals surface area contributed by atoms with E-state index < -0.39 is 11.9 Å². The van der Waals surface area contributed by atoms with Crippen LogP contribution in [0.15, 0.2) is 12.3 Å². The highest BCUT2D eigenvalue weighted by atomic mass is 16.4. The molecule has 0 saturated carbocycles. The van der Waals surface area contributed by atoms with E-state index in [2.05, 4.69) is 10.3 Å². The van der Waals surface area contributed by atoms with Gasteiger partial charge in [-0.3, -0.25) is 10.1 Å². The molecule has 1 aliphatic rings. The van der Waals surface area contributed by atoms with Gasteiger partial charge in [0, 0.05) is 19.8 Å². The van der Waals surface area contributed by atoms with Crippen LogP contribution >= 0.6 is 0 Å². The Bertz CT molecular complexity index is 530. The molecule has 0 aliphatic heterocycles. The fourth-order valence-electron chi connectivity index (χ4n) is 2.30. The molecule has 1 heterocycles. The van der Waals surface area contributed by atoms with E-state index in [4.69, 9.17) is 5.11 Å². The molecular formula is C14H19N3O3. The predicted molar refractivity (Wildman–Crippen MR) is 74.7 cm³/mol. The molecule has 20 heavy (non-hydrogen) atoms. The molecule has 1 atom stereocenters. The summed E-state index contributed by atoms with van der Waals surface area (Å²) in [6.07, 6.45) is 5.00. The fourth-order valence-corrected chi connectivity index (χ4v) is 2.30. The number of pyridine rings is 1. The summed E-state index contributed by atoms with van der Waals surface area (Å²) in [7, 11) is 1.57. The highest BCUT2D eigenvalue weighted by Gasteiger charge is 2.18. The SMILES string of the molecule is CC(CN(C)C(=O)Nc1cc2c(cn1)CCC2)C(=O)O. The third-order valence-corrected chi connectivity index (χ3v) is 3.53. The van der Waals surface area contributed by atoms with E-state index in [1.165, 1.54) is 16.0 Å². The summed E-state index contributed by atoms with van der Waals surface area (Å²) in [5, 5.41) is 11.5. The molecule has 6 nitrogen and oxygen atoms in total. The van der Waals surface area contributed by atoms with E-state index in [1.54, 1.807) is 20.2 Å². The Morgan fingerprint density at radius 1 is 1.45 bits per heavy atom. The summed E-state index contributed by atoms with van der Waals surface area (Å²) < 4.78 is 0. The van der Waals surface area contributed by atoms with Crippen LogP contribution in [0.1, 0.15) is 24.5 Å². The number of nitrogens with one attached hydrogen (secondary N) is 1. The van der Waals surface area contributed by atoms with Crippen molar-refractivity contribution in [2.24, 2.45) is 5.92 Å². The number of carbonyl (C=O) groups excluding carboxylic acids is 1. The van der Waals surface area contributed by atoms with Gasteiger partial charge in [-0.2, -0.15) is 0 Å². The molecule has 0 aromatic carbocycles. The van der Waals surface area contributed by atoms with E-state index in [9.17, 15) is 9.59 Å². The highest BCUT2D eigenvalue weighted by Crippen LogP contribution is 2.23. The predicted octanol–water partition coefficient (Wildman–Crippen LogP) is 1.75. The smallest absolute Gasteiger partial charge is 0.322 e. The summed E-state index contributed by atoms with van der Waals surface area (Å²) >= 11 is 0. The maximum atomic E-state index is 12.0. The normalized spacial score (nSPS) is 14.5. The maximum Gasteiger partial charge on any atom is 0.322 e. The molecule has 1 unspecified atom stereocenters. The number of hydrogen-bond acceptors (Lipinski definition) is 3. The zero-order chi connectivity index (χ0) is 14.7. The number of aliphatic carboxylic acids is 1. The number of carboxylic acids is 1. The molecule has 6 heteroatoms. The van der Waals surface area contributed by atoms with Gasteiger partial charge in [0.2, 0.25) is 0 Å². The van der Waals surface area contributed by atoms with Crippen LogP contribution in [-0.4, -0.2) is 40.6 Å². The van der Waals surface area contributed by atoms with Crippen molar-refractivity contribution in [2.75, 3.05) is 18.9 Å². The van der Waals surface area contributed by atoms with Gasteiger partial charge in [0.15, 0.2) is 0 Å². The number of carboxylic acid groups (broad SMARTS) is 1. The first-order chi connectivity index (χ1) is 9.47. The largest absolute Gasteiger partial charge is 0.481 e.